The Morgan fingerprint density at radius 2 is 2.05 bits per heavy atom. The highest BCUT2D eigenvalue weighted by Gasteiger charge is 2.29. The molecule has 5 heteroatoms. The third kappa shape index (κ3) is 2.24. The van der Waals surface area contributed by atoms with Crippen molar-refractivity contribution in [2.45, 2.75) is 19.8 Å². The molecule has 1 aliphatic rings. The number of aryl methyl sites for hydroxylation is 1. The fraction of sp³-hybridized carbons (Fsp3) is 0.235. The van der Waals surface area contributed by atoms with Crippen molar-refractivity contribution < 1.29 is 4.79 Å². The summed E-state index contributed by atoms with van der Waals surface area (Å²) in [6, 6.07) is 11.9. The Bertz CT molecular complexity index is 850. The lowest BCUT2D eigenvalue weighted by atomic mass is 10.2. The smallest absolute Gasteiger partial charge is 0.227 e. The van der Waals surface area contributed by atoms with Gasteiger partial charge in [0.05, 0.1) is 23.3 Å². The van der Waals surface area contributed by atoms with E-state index in [0.29, 0.717) is 0 Å². The van der Waals surface area contributed by atoms with Crippen molar-refractivity contribution in [2.24, 2.45) is 5.92 Å². The molecule has 22 heavy (non-hydrogen) atoms. The van der Waals surface area contributed by atoms with Crippen LogP contribution in [0.15, 0.2) is 42.6 Å². The first-order chi connectivity index (χ1) is 10.7. The van der Waals surface area contributed by atoms with Crippen LogP contribution in [0.1, 0.15) is 18.5 Å². The number of pyridine rings is 1. The SMILES string of the molecule is Cc1nn(-c2ccccc2)c2ncc(NC(=O)C3CC3)cc12. The maximum absolute atomic E-state index is 11.9. The van der Waals surface area contributed by atoms with Crippen LogP contribution in [0.2, 0.25) is 0 Å². The minimum absolute atomic E-state index is 0.0919. The van der Waals surface area contributed by atoms with Crippen molar-refractivity contribution in [1.29, 1.82) is 0 Å². The number of para-hydroxylation sites is 1. The molecule has 0 spiro atoms. The van der Waals surface area contributed by atoms with E-state index in [4.69, 9.17) is 0 Å². The average molecular weight is 292 g/mol. The summed E-state index contributed by atoms with van der Waals surface area (Å²) in [4.78, 5) is 16.4. The summed E-state index contributed by atoms with van der Waals surface area (Å²) in [5.41, 5.74) is 3.41. The maximum atomic E-state index is 11.9. The van der Waals surface area contributed by atoms with Crippen LogP contribution in [0, 0.1) is 12.8 Å². The van der Waals surface area contributed by atoms with Gasteiger partial charge in [0, 0.05) is 11.3 Å². The van der Waals surface area contributed by atoms with Crippen LogP contribution in [0.5, 0.6) is 0 Å². The van der Waals surface area contributed by atoms with E-state index in [9.17, 15) is 4.79 Å². The summed E-state index contributed by atoms with van der Waals surface area (Å²) in [6.45, 7) is 1.95. The van der Waals surface area contributed by atoms with Crippen LogP contribution >= 0.6 is 0 Å². The van der Waals surface area contributed by atoms with Gasteiger partial charge < -0.3 is 5.32 Å². The van der Waals surface area contributed by atoms with Gasteiger partial charge in [-0.05, 0) is 38.0 Å². The van der Waals surface area contributed by atoms with Crippen molar-refractivity contribution in [1.82, 2.24) is 14.8 Å². The number of nitrogens with one attached hydrogen (secondary N) is 1. The lowest BCUT2D eigenvalue weighted by Gasteiger charge is -2.05. The maximum Gasteiger partial charge on any atom is 0.227 e. The van der Waals surface area contributed by atoms with Crippen molar-refractivity contribution in [3.63, 3.8) is 0 Å². The highest BCUT2D eigenvalue weighted by atomic mass is 16.2. The van der Waals surface area contributed by atoms with E-state index in [1.165, 1.54) is 0 Å². The van der Waals surface area contributed by atoms with Crippen LogP contribution in [-0.2, 0) is 4.79 Å². The standard InChI is InChI=1S/C17H16N4O/c1-11-15-9-13(19-17(22)12-7-8-12)10-18-16(15)21(20-11)14-5-3-2-4-6-14/h2-6,9-10,12H,7-8H2,1H3,(H,19,22). The van der Waals surface area contributed by atoms with E-state index in [1.54, 1.807) is 6.20 Å². The Morgan fingerprint density at radius 1 is 1.27 bits per heavy atom. The molecule has 0 saturated heterocycles. The molecule has 2 aromatic heterocycles. The third-order valence-electron chi connectivity index (χ3n) is 3.92. The number of benzene rings is 1. The molecule has 5 nitrogen and oxygen atoms in total. The summed E-state index contributed by atoms with van der Waals surface area (Å²) in [5, 5.41) is 8.46. The summed E-state index contributed by atoms with van der Waals surface area (Å²) >= 11 is 0. The van der Waals surface area contributed by atoms with Crippen molar-refractivity contribution in [3.05, 3.63) is 48.3 Å². The average Bonchev–Trinajstić information content (AvgIpc) is 3.34. The fourth-order valence-electron chi connectivity index (χ4n) is 2.55. The second kappa shape index (κ2) is 4.94. The quantitative estimate of drug-likeness (QED) is 0.807. The zero-order valence-corrected chi connectivity index (χ0v) is 12.3. The van der Waals surface area contributed by atoms with E-state index in [2.05, 4.69) is 15.4 Å². The number of rotatable bonds is 3. The molecule has 1 fully saturated rings. The van der Waals surface area contributed by atoms with Crippen LogP contribution in [0.4, 0.5) is 5.69 Å². The number of amides is 1. The van der Waals surface area contributed by atoms with Gasteiger partial charge in [-0.3, -0.25) is 4.79 Å². The predicted octanol–water partition coefficient (Wildman–Crippen LogP) is 3.08. The molecule has 1 aliphatic carbocycles. The molecular formula is C17H16N4O. The van der Waals surface area contributed by atoms with Crippen LogP contribution in [-0.4, -0.2) is 20.7 Å². The minimum atomic E-state index is 0.0919. The van der Waals surface area contributed by atoms with Crippen LogP contribution in [0.25, 0.3) is 16.7 Å². The molecule has 4 rings (SSSR count). The first-order valence-corrected chi connectivity index (χ1v) is 7.44. The minimum Gasteiger partial charge on any atom is -0.324 e. The Balaban J connectivity index is 1.74. The first kappa shape index (κ1) is 13.0. The summed E-state index contributed by atoms with van der Waals surface area (Å²) in [7, 11) is 0. The zero-order valence-electron chi connectivity index (χ0n) is 12.3. The van der Waals surface area contributed by atoms with E-state index < -0.39 is 0 Å². The molecule has 0 atom stereocenters. The lowest BCUT2D eigenvalue weighted by Crippen LogP contribution is -2.13. The van der Waals surface area contributed by atoms with E-state index in [0.717, 1.165) is 40.9 Å². The molecule has 110 valence electrons. The van der Waals surface area contributed by atoms with Gasteiger partial charge in [0.15, 0.2) is 5.65 Å². The first-order valence-electron chi connectivity index (χ1n) is 7.44. The van der Waals surface area contributed by atoms with Crippen molar-refractivity contribution in [2.75, 3.05) is 5.32 Å². The number of carbonyl (C=O) groups excluding carboxylic acids is 1. The van der Waals surface area contributed by atoms with Crippen LogP contribution < -0.4 is 5.32 Å². The zero-order chi connectivity index (χ0) is 15.1. The lowest BCUT2D eigenvalue weighted by molar-refractivity contribution is -0.117. The largest absolute Gasteiger partial charge is 0.324 e. The van der Waals surface area contributed by atoms with Gasteiger partial charge in [-0.2, -0.15) is 5.10 Å². The molecule has 0 unspecified atom stereocenters. The molecule has 0 radical (unpaired) electrons. The molecule has 0 aliphatic heterocycles. The van der Waals surface area contributed by atoms with E-state index in [-0.39, 0.29) is 11.8 Å². The number of nitrogens with zero attached hydrogens (tertiary/aromatic N) is 3. The third-order valence-corrected chi connectivity index (χ3v) is 3.92. The normalized spacial score (nSPS) is 14.2. The van der Waals surface area contributed by atoms with E-state index in [1.807, 2.05) is 48.0 Å². The predicted molar refractivity (Wildman–Crippen MR) is 85.0 cm³/mol. The fourth-order valence-corrected chi connectivity index (χ4v) is 2.55. The van der Waals surface area contributed by atoms with Gasteiger partial charge in [-0.25, -0.2) is 9.67 Å². The monoisotopic (exact) mass is 292 g/mol. The summed E-state index contributed by atoms with van der Waals surface area (Å²) in [6.07, 6.45) is 3.68. The molecule has 1 aromatic carbocycles. The van der Waals surface area contributed by atoms with Gasteiger partial charge in [0.2, 0.25) is 5.91 Å². The second-order valence-corrected chi connectivity index (χ2v) is 5.69. The topological polar surface area (TPSA) is 59.8 Å². The molecule has 0 bridgehead atoms. The summed E-state index contributed by atoms with van der Waals surface area (Å²) in [5.74, 6) is 0.276. The Hall–Kier alpha value is -2.69. The Labute approximate surface area is 128 Å². The highest BCUT2D eigenvalue weighted by molar-refractivity contribution is 5.95. The molecule has 1 saturated carbocycles. The molecular weight excluding hydrogens is 276 g/mol. The number of fused-ring (bicyclic) bond motifs is 1. The van der Waals surface area contributed by atoms with Gasteiger partial charge >= 0.3 is 0 Å². The second-order valence-electron chi connectivity index (χ2n) is 5.69. The number of hydrogen-bond donors (Lipinski definition) is 1. The number of carbonyl (C=O) groups is 1. The van der Waals surface area contributed by atoms with E-state index >= 15 is 0 Å². The molecule has 2 heterocycles. The van der Waals surface area contributed by atoms with Gasteiger partial charge in [0.25, 0.3) is 0 Å². The van der Waals surface area contributed by atoms with Gasteiger partial charge in [-0.15, -0.1) is 0 Å². The van der Waals surface area contributed by atoms with Gasteiger partial charge in [0.1, 0.15) is 0 Å². The summed E-state index contributed by atoms with van der Waals surface area (Å²) < 4.78 is 1.83. The number of anilines is 1. The van der Waals surface area contributed by atoms with Gasteiger partial charge in [-0.1, -0.05) is 18.2 Å². The van der Waals surface area contributed by atoms with Crippen molar-refractivity contribution >= 4 is 22.6 Å². The number of hydrogen-bond acceptors (Lipinski definition) is 3. The van der Waals surface area contributed by atoms with Crippen LogP contribution in [0.3, 0.4) is 0 Å². The molecule has 3 aromatic rings. The molecule has 1 N–H and O–H groups in total. The highest BCUT2D eigenvalue weighted by Crippen LogP contribution is 2.30. The Kier molecular flexibility index (Phi) is 2.92. The number of aromatic nitrogens is 3. The molecule has 1 amide bonds. The van der Waals surface area contributed by atoms with Crippen molar-refractivity contribution in [3.8, 4) is 5.69 Å². The Morgan fingerprint density at radius 3 is 2.77 bits per heavy atom.